The lowest BCUT2D eigenvalue weighted by Gasteiger charge is -2.23. The van der Waals surface area contributed by atoms with Crippen LogP contribution in [0.2, 0.25) is 5.02 Å². The van der Waals surface area contributed by atoms with E-state index in [0.717, 1.165) is 38.5 Å². The van der Waals surface area contributed by atoms with Crippen molar-refractivity contribution in [2.24, 2.45) is 0 Å². The quantitative estimate of drug-likeness (QED) is 0.466. The van der Waals surface area contributed by atoms with Gasteiger partial charge in [0.2, 0.25) is 5.91 Å². The number of amides is 2. The van der Waals surface area contributed by atoms with Crippen molar-refractivity contribution in [3.63, 3.8) is 0 Å². The number of carbonyl (C=O) groups excluding carboxylic acids is 2. The van der Waals surface area contributed by atoms with Crippen molar-refractivity contribution < 1.29 is 23.8 Å². The van der Waals surface area contributed by atoms with Gasteiger partial charge in [0.1, 0.15) is 22.4 Å². The average Bonchev–Trinajstić information content (AvgIpc) is 2.86. The summed E-state index contributed by atoms with van der Waals surface area (Å²) < 4.78 is 10.7. The maximum Gasteiger partial charge on any atom is 0.355 e. The van der Waals surface area contributed by atoms with Crippen LogP contribution in [0.5, 0.6) is 5.75 Å². The molecule has 8 nitrogen and oxygen atoms in total. The largest absolute Gasteiger partial charge is 0.484 e. The van der Waals surface area contributed by atoms with Crippen molar-refractivity contribution in [2.45, 2.75) is 89.6 Å². The highest BCUT2D eigenvalue weighted by Crippen LogP contribution is 2.26. The highest BCUT2D eigenvalue weighted by atomic mass is 35.5. The van der Waals surface area contributed by atoms with Crippen molar-refractivity contribution in [3.8, 4) is 5.75 Å². The topological polar surface area (TPSA) is 118 Å². The van der Waals surface area contributed by atoms with Gasteiger partial charge in [-0.1, -0.05) is 69.4 Å². The molecule has 36 heavy (non-hydrogen) atoms. The lowest BCUT2D eigenvalue weighted by Crippen LogP contribution is -2.52. The average molecular weight is 521 g/mol. The number of aliphatic hydroxyl groups excluding tert-OH is 1. The summed E-state index contributed by atoms with van der Waals surface area (Å²) in [5.41, 5.74) is 0.255. The van der Waals surface area contributed by atoms with Crippen LogP contribution in [0.3, 0.4) is 0 Å². The Morgan fingerprint density at radius 3 is 2.31 bits per heavy atom. The van der Waals surface area contributed by atoms with Crippen LogP contribution in [0.1, 0.15) is 76.2 Å². The third-order valence-corrected chi connectivity index (χ3v) is 7.16. The van der Waals surface area contributed by atoms with Gasteiger partial charge in [-0.05, 0) is 37.5 Å². The van der Waals surface area contributed by atoms with Crippen LogP contribution < -0.4 is 21.0 Å². The summed E-state index contributed by atoms with van der Waals surface area (Å²) in [5, 5.41) is 16.0. The second-order valence-electron chi connectivity index (χ2n) is 9.54. The Hall–Kier alpha value is -2.58. The molecule has 1 aromatic carbocycles. The predicted molar refractivity (Wildman–Crippen MR) is 139 cm³/mol. The number of hydrogen-bond donors (Lipinski definition) is 3. The van der Waals surface area contributed by atoms with Crippen LogP contribution in [0, 0.1) is 6.92 Å². The maximum absolute atomic E-state index is 12.8. The van der Waals surface area contributed by atoms with Crippen molar-refractivity contribution in [2.75, 3.05) is 13.2 Å². The Labute approximate surface area is 216 Å². The Morgan fingerprint density at radius 2 is 1.69 bits per heavy atom. The molecule has 1 aliphatic rings. The number of hydrogen-bond acceptors (Lipinski definition) is 6. The summed E-state index contributed by atoms with van der Waals surface area (Å²) >= 11 is 5.95. The SMILES string of the molecule is Cc1c(Cl)c(=O)oc2cc(OCC(=O)N[C@@H](CO)C(=O)NC3CCCCCCCCCCC3)ccc12. The summed E-state index contributed by atoms with van der Waals surface area (Å²) in [6, 6.07) is 3.83. The van der Waals surface area contributed by atoms with Crippen LogP contribution in [-0.4, -0.2) is 42.2 Å². The molecule has 1 fully saturated rings. The summed E-state index contributed by atoms with van der Waals surface area (Å²) in [7, 11) is 0. The summed E-state index contributed by atoms with van der Waals surface area (Å²) in [6.07, 6.45) is 12.6. The van der Waals surface area contributed by atoms with E-state index in [0.29, 0.717) is 22.3 Å². The van der Waals surface area contributed by atoms with Gasteiger partial charge in [-0.25, -0.2) is 4.79 Å². The molecule has 1 aromatic heterocycles. The van der Waals surface area contributed by atoms with E-state index in [1.54, 1.807) is 19.1 Å². The Kier molecular flexibility index (Phi) is 11.1. The van der Waals surface area contributed by atoms with Crippen LogP contribution in [0.4, 0.5) is 0 Å². The minimum absolute atomic E-state index is 0.0280. The number of nitrogens with one attached hydrogen (secondary N) is 2. The second-order valence-corrected chi connectivity index (χ2v) is 9.92. The number of ether oxygens (including phenoxy) is 1. The van der Waals surface area contributed by atoms with Crippen LogP contribution in [0.15, 0.2) is 27.4 Å². The van der Waals surface area contributed by atoms with Gasteiger partial charge in [0.15, 0.2) is 6.61 Å². The molecule has 0 bridgehead atoms. The number of halogens is 1. The molecule has 2 aromatic rings. The lowest BCUT2D eigenvalue weighted by molar-refractivity contribution is -0.131. The van der Waals surface area contributed by atoms with Gasteiger partial charge in [-0.15, -0.1) is 0 Å². The van der Waals surface area contributed by atoms with Gasteiger partial charge >= 0.3 is 5.63 Å². The van der Waals surface area contributed by atoms with Crippen molar-refractivity contribution in [1.82, 2.24) is 10.6 Å². The molecular formula is C27H37ClN2O6. The van der Waals surface area contributed by atoms with Crippen molar-refractivity contribution in [1.29, 1.82) is 0 Å². The standard InChI is InChI=1S/C27H37ClN2O6/c1-18-21-14-13-20(15-23(21)36-27(34)25(18)28)35-17-24(32)30-22(16-31)26(33)29-19-11-9-7-5-3-2-4-6-8-10-12-19/h13-15,19,22,31H,2-12,16-17H2,1H3,(H,29,33)(H,30,32)/t22-/m0/s1. The first-order valence-corrected chi connectivity index (χ1v) is 13.3. The number of benzene rings is 1. The summed E-state index contributed by atoms with van der Waals surface area (Å²) in [5.74, 6) is -0.611. The molecule has 0 saturated heterocycles. The first-order chi connectivity index (χ1) is 17.4. The molecule has 198 valence electrons. The maximum atomic E-state index is 12.8. The third-order valence-electron chi connectivity index (χ3n) is 6.72. The molecule has 1 aliphatic carbocycles. The van der Waals surface area contributed by atoms with Crippen molar-refractivity contribution in [3.05, 3.63) is 39.2 Å². The highest BCUT2D eigenvalue weighted by Gasteiger charge is 2.23. The molecule has 1 atom stereocenters. The molecule has 0 aliphatic heterocycles. The van der Waals surface area contributed by atoms with Gasteiger partial charge in [-0.2, -0.15) is 0 Å². The van der Waals surface area contributed by atoms with Gasteiger partial charge in [0.05, 0.1) is 6.61 Å². The summed E-state index contributed by atoms with van der Waals surface area (Å²) in [4.78, 5) is 37.0. The van der Waals surface area contributed by atoms with E-state index in [1.165, 1.54) is 38.2 Å². The fourth-order valence-electron chi connectivity index (χ4n) is 4.59. The Balaban J connectivity index is 1.52. The van der Waals surface area contributed by atoms with Crippen LogP contribution in [0.25, 0.3) is 11.0 Å². The monoisotopic (exact) mass is 520 g/mol. The number of rotatable bonds is 7. The Bertz CT molecular complexity index is 1070. The first-order valence-electron chi connectivity index (χ1n) is 13.0. The smallest absolute Gasteiger partial charge is 0.355 e. The molecule has 0 unspecified atom stereocenters. The molecule has 3 rings (SSSR count). The third kappa shape index (κ3) is 8.23. The molecule has 1 saturated carbocycles. The van der Waals surface area contributed by atoms with Crippen molar-refractivity contribution >= 4 is 34.4 Å². The first kappa shape index (κ1) is 28.0. The zero-order valence-electron chi connectivity index (χ0n) is 20.9. The summed E-state index contributed by atoms with van der Waals surface area (Å²) in [6.45, 7) is 0.846. The Morgan fingerprint density at radius 1 is 1.08 bits per heavy atom. The van der Waals surface area contributed by atoms with E-state index < -0.39 is 24.2 Å². The fourth-order valence-corrected chi connectivity index (χ4v) is 4.73. The number of aliphatic hydroxyl groups is 1. The number of aryl methyl sites for hydroxylation is 1. The molecular weight excluding hydrogens is 484 g/mol. The van der Waals surface area contributed by atoms with Crippen LogP contribution >= 0.6 is 11.6 Å². The van der Waals surface area contributed by atoms with E-state index in [2.05, 4.69) is 10.6 Å². The fraction of sp³-hybridized carbons (Fsp3) is 0.593. The van der Waals surface area contributed by atoms with Gasteiger partial charge in [0, 0.05) is 17.5 Å². The minimum Gasteiger partial charge on any atom is -0.484 e. The molecule has 3 N–H and O–H groups in total. The van der Waals surface area contributed by atoms with E-state index in [1.807, 2.05) is 0 Å². The minimum atomic E-state index is -1.05. The van der Waals surface area contributed by atoms with Crippen LogP contribution in [-0.2, 0) is 9.59 Å². The van der Waals surface area contributed by atoms with E-state index in [-0.39, 0.29) is 23.6 Å². The second kappa shape index (κ2) is 14.2. The normalized spacial score (nSPS) is 17.0. The van der Waals surface area contributed by atoms with E-state index in [9.17, 15) is 19.5 Å². The molecule has 2 amide bonds. The van der Waals surface area contributed by atoms with Gasteiger partial charge in [-0.3, -0.25) is 9.59 Å². The molecule has 1 heterocycles. The highest BCUT2D eigenvalue weighted by molar-refractivity contribution is 6.31. The predicted octanol–water partition coefficient (Wildman–Crippen LogP) is 4.40. The zero-order valence-corrected chi connectivity index (χ0v) is 21.7. The van der Waals surface area contributed by atoms with E-state index in [4.69, 9.17) is 20.8 Å². The van der Waals surface area contributed by atoms with Gasteiger partial charge in [0.25, 0.3) is 5.91 Å². The number of fused-ring (bicyclic) bond motifs is 1. The lowest BCUT2D eigenvalue weighted by atomic mass is 9.97. The van der Waals surface area contributed by atoms with E-state index >= 15 is 0 Å². The molecule has 0 radical (unpaired) electrons. The number of carbonyl (C=O) groups is 2. The molecule has 9 heteroatoms. The van der Waals surface area contributed by atoms with Gasteiger partial charge < -0.3 is 24.9 Å². The zero-order chi connectivity index (χ0) is 25.9. The molecule has 0 spiro atoms.